The van der Waals surface area contributed by atoms with E-state index in [1.54, 1.807) is 16.4 Å². The number of hydrogen-bond acceptors (Lipinski definition) is 4. The highest BCUT2D eigenvalue weighted by molar-refractivity contribution is 7.89. The number of carbonyl (C=O) groups is 1. The number of amides is 1. The number of ether oxygens (including phenoxy) is 1. The Bertz CT molecular complexity index is 1350. The summed E-state index contributed by atoms with van der Waals surface area (Å²) in [6.07, 6.45) is 5.39. The van der Waals surface area contributed by atoms with E-state index in [9.17, 15) is 13.2 Å². The number of benzene rings is 2. The molecule has 6 rings (SSSR count). The molecule has 2 aliphatic heterocycles. The number of morpholine rings is 1. The summed E-state index contributed by atoms with van der Waals surface area (Å²) in [7, 11) is -1.57. The van der Waals surface area contributed by atoms with Gasteiger partial charge in [-0.25, -0.2) is 8.42 Å². The molecular formula is C26H29N3O4S. The van der Waals surface area contributed by atoms with Crippen molar-refractivity contribution in [2.75, 3.05) is 26.2 Å². The summed E-state index contributed by atoms with van der Waals surface area (Å²) in [5.41, 5.74) is 2.77. The Kier molecular flexibility index (Phi) is 5.09. The van der Waals surface area contributed by atoms with Crippen LogP contribution in [0.1, 0.15) is 25.7 Å². The van der Waals surface area contributed by atoms with Gasteiger partial charge in [0.15, 0.2) is 0 Å². The first-order chi connectivity index (χ1) is 16.3. The van der Waals surface area contributed by atoms with Crippen molar-refractivity contribution in [3.05, 3.63) is 54.7 Å². The van der Waals surface area contributed by atoms with Crippen LogP contribution in [-0.2, 0) is 26.6 Å². The molecule has 1 amide bonds. The van der Waals surface area contributed by atoms with E-state index in [0.29, 0.717) is 43.4 Å². The summed E-state index contributed by atoms with van der Waals surface area (Å²) in [4.78, 5) is 14.5. The Hall–Kier alpha value is -2.68. The monoisotopic (exact) mass is 479 g/mol. The zero-order chi connectivity index (χ0) is 23.5. The number of aromatic nitrogens is 1. The summed E-state index contributed by atoms with van der Waals surface area (Å²) in [6.45, 7) is 1.51. The lowest BCUT2D eigenvalue weighted by molar-refractivity contribution is -0.170. The first-order valence-corrected chi connectivity index (χ1v) is 13.4. The van der Waals surface area contributed by atoms with E-state index >= 15 is 0 Å². The molecule has 0 N–H and O–H groups in total. The fourth-order valence-electron chi connectivity index (χ4n) is 5.31. The van der Waals surface area contributed by atoms with Gasteiger partial charge in [0.05, 0.1) is 17.0 Å². The van der Waals surface area contributed by atoms with Crippen LogP contribution >= 0.6 is 0 Å². The van der Waals surface area contributed by atoms with Gasteiger partial charge in [-0.05, 0) is 66.5 Å². The number of nitrogens with zero attached hydrogens (tertiary/aromatic N) is 3. The van der Waals surface area contributed by atoms with Crippen LogP contribution in [0.2, 0.25) is 0 Å². The molecule has 34 heavy (non-hydrogen) atoms. The summed E-state index contributed by atoms with van der Waals surface area (Å²) in [5, 5.41) is 1.18. The molecule has 0 unspecified atom stereocenters. The molecule has 2 saturated heterocycles. The van der Waals surface area contributed by atoms with Gasteiger partial charge in [0.2, 0.25) is 15.9 Å². The van der Waals surface area contributed by atoms with Crippen LogP contribution in [0.4, 0.5) is 0 Å². The Balaban J connectivity index is 1.17. The van der Waals surface area contributed by atoms with Crippen LogP contribution in [0.3, 0.4) is 0 Å². The maximum absolute atomic E-state index is 13.3. The Morgan fingerprint density at radius 2 is 1.68 bits per heavy atom. The summed E-state index contributed by atoms with van der Waals surface area (Å²) >= 11 is 0. The molecular weight excluding hydrogens is 450 g/mol. The second-order valence-electron chi connectivity index (χ2n) is 9.85. The Labute approximate surface area is 200 Å². The van der Waals surface area contributed by atoms with Crippen molar-refractivity contribution in [3.8, 4) is 11.1 Å². The highest BCUT2D eigenvalue weighted by Crippen LogP contribution is 2.37. The third-order valence-corrected chi connectivity index (χ3v) is 9.53. The first kappa shape index (κ1) is 21.8. The molecule has 0 radical (unpaired) electrons. The number of hydrogen-bond donors (Lipinski definition) is 0. The van der Waals surface area contributed by atoms with Crippen molar-refractivity contribution in [3.63, 3.8) is 0 Å². The predicted octanol–water partition coefficient (Wildman–Crippen LogP) is 3.39. The molecule has 1 aliphatic carbocycles. The van der Waals surface area contributed by atoms with E-state index in [2.05, 4.69) is 28.8 Å². The van der Waals surface area contributed by atoms with Gasteiger partial charge < -0.3 is 14.2 Å². The smallest absolute Gasteiger partial charge is 0.248 e. The van der Waals surface area contributed by atoms with Crippen LogP contribution in [0.15, 0.2) is 59.6 Å². The largest absolute Gasteiger partial charge is 0.363 e. The molecule has 3 aliphatic rings. The highest BCUT2D eigenvalue weighted by Gasteiger charge is 2.47. The Morgan fingerprint density at radius 1 is 0.971 bits per heavy atom. The van der Waals surface area contributed by atoms with Crippen LogP contribution in [0.25, 0.3) is 22.0 Å². The number of piperidine rings is 1. The molecule has 8 heteroatoms. The number of fused-ring (bicyclic) bond motifs is 1. The summed E-state index contributed by atoms with van der Waals surface area (Å²) < 4.78 is 36.3. The average molecular weight is 480 g/mol. The third-order valence-electron chi connectivity index (χ3n) is 7.62. The normalized spacial score (nSPS) is 21.4. The van der Waals surface area contributed by atoms with Crippen molar-refractivity contribution in [1.29, 1.82) is 0 Å². The minimum Gasteiger partial charge on any atom is -0.363 e. The van der Waals surface area contributed by atoms with Crippen LogP contribution in [0, 0.1) is 0 Å². The minimum atomic E-state index is -3.58. The molecule has 1 saturated carbocycles. The topological polar surface area (TPSA) is 71.9 Å². The van der Waals surface area contributed by atoms with Gasteiger partial charge in [-0.15, -0.1) is 0 Å². The predicted molar refractivity (Wildman–Crippen MR) is 130 cm³/mol. The van der Waals surface area contributed by atoms with Crippen molar-refractivity contribution in [2.45, 2.75) is 42.2 Å². The van der Waals surface area contributed by atoms with E-state index in [1.165, 1.54) is 5.39 Å². The van der Waals surface area contributed by atoms with E-state index in [-0.39, 0.29) is 12.5 Å². The molecule has 0 bridgehead atoms. The van der Waals surface area contributed by atoms with Crippen LogP contribution < -0.4 is 0 Å². The average Bonchev–Trinajstić information content (AvgIpc) is 3.64. The van der Waals surface area contributed by atoms with Gasteiger partial charge in [-0.1, -0.05) is 24.3 Å². The van der Waals surface area contributed by atoms with Crippen molar-refractivity contribution in [2.24, 2.45) is 7.05 Å². The van der Waals surface area contributed by atoms with Crippen LogP contribution in [-0.4, -0.2) is 66.0 Å². The summed E-state index contributed by atoms with van der Waals surface area (Å²) in [5.74, 6) is 0.0644. The second-order valence-corrected chi connectivity index (χ2v) is 11.8. The number of aryl methyl sites for hydroxylation is 1. The number of carbonyl (C=O) groups excluding carboxylic acids is 1. The van der Waals surface area contributed by atoms with E-state index in [0.717, 1.165) is 29.5 Å². The third kappa shape index (κ3) is 3.74. The molecule has 1 aromatic heterocycles. The number of rotatable bonds is 4. The lowest BCUT2D eigenvalue weighted by atomic mass is 9.90. The summed E-state index contributed by atoms with van der Waals surface area (Å²) in [6, 6.07) is 15.9. The van der Waals surface area contributed by atoms with Crippen molar-refractivity contribution in [1.82, 2.24) is 13.8 Å². The molecule has 3 aromatic rings. The lowest BCUT2D eigenvalue weighted by Crippen LogP contribution is -2.59. The zero-order valence-corrected chi connectivity index (χ0v) is 20.1. The lowest BCUT2D eigenvalue weighted by Gasteiger charge is -2.46. The zero-order valence-electron chi connectivity index (χ0n) is 19.3. The fourth-order valence-corrected chi connectivity index (χ4v) is 6.75. The molecule has 2 aromatic carbocycles. The van der Waals surface area contributed by atoms with Gasteiger partial charge in [-0.3, -0.25) is 4.79 Å². The first-order valence-electron chi connectivity index (χ1n) is 11.9. The van der Waals surface area contributed by atoms with Gasteiger partial charge in [-0.2, -0.15) is 4.31 Å². The van der Waals surface area contributed by atoms with Crippen molar-refractivity contribution >= 4 is 26.8 Å². The quantitative estimate of drug-likeness (QED) is 0.575. The molecule has 3 heterocycles. The maximum Gasteiger partial charge on any atom is 0.248 e. The molecule has 1 spiro atoms. The van der Waals surface area contributed by atoms with Crippen LogP contribution in [0.5, 0.6) is 0 Å². The maximum atomic E-state index is 13.3. The SMILES string of the molecule is Cn1ccc2ccc(-c3ccc(S(=O)(=O)N4CCC5(CC4)CN(C4CC4)C(=O)CO5)cc3)cc21. The standard InChI is InChI=1S/C26H29N3O4S/c1-27-13-10-20-2-3-21(16-24(20)27)19-4-8-23(9-5-19)34(31,32)28-14-11-26(12-15-28)18-29(22-6-7-22)25(30)17-33-26/h2-5,8-10,13,16,22H,6-7,11-12,14-15,17-18H2,1H3. The van der Waals surface area contributed by atoms with E-state index in [1.807, 2.05) is 30.3 Å². The van der Waals surface area contributed by atoms with Gasteiger partial charge in [0, 0.05) is 37.9 Å². The van der Waals surface area contributed by atoms with E-state index in [4.69, 9.17) is 4.74 Å². The van der Waals surface area contributed by atoms with Gasteiger partial charge in [0.25, 0.3) is 0 Å². The molecule has 7 nitrogen and oxygen atoms in total. The highest BCUT2D eigenvalue weighted by atomic mass is 32.2. The fraction of sp³-hybridized carbons (Fsp3) is 0.423. The molecule has 0 atom stereocenters. The van der Waals surface area contributed by atoms with Crippen molar-refractivity contribution < 1.29 is 17.9 Å². The van der Waals surface area contributed by atoms with E-state index < -0.39 is 15.6 Å². The second kappa shape index (κ2) is 7.93. The van der Waals surface area contributed by atoms with Gasteiger partial charge >= 0.3 is 0 Å². The van der Waals surface area contributed by atoms with Gasteiger partial charge in [0.1, 0.15) is 6.61 Å². The Morgan fingerprint density at radius 3 is 2.38 bits per heavy atom. The minimum absolute atomic E-state index is 0.0644. The molecule has 178 valence electrons. The molecule has 3 fully saturated rings. The number of sulfonamides is 1.